The fourth-order valence-corrected chi connectivity index (χ4v) is 4.12. The van der Waals surface area contributed by atoms with Gasteiger partial charge in [-0.2, -0.15) is 0 Å². The molecule has 3 rings (SSSR count). The van der Waals surface area contributed by atoms with Crippen molar-refractivity contribution in [3.05, 3.63) is 29.8 Å². The first-order valence-electron chi connectivity index (χ1n) is 9.17. The standard InChI is InChI=1S/C20H29NO4/c1-16-5-3-4-6-18(16)25-15-19(22)21-10-7-20(8-11-21)9-12-24-14-17(20)13-23-2/h3-6,17H,7-15H2,1-2H3/t17-/m0/s1. The Morgan fingerprint density at radius 1 is 1.28 bits per heavy atom. The number of hydrogen-bond donors (Lipinski definition) is 0. The van der Waals surface area contributed by atoms with Crippen LogP contribution in [0.15, 0.2) is 24.3 Å². The molecule has 2 fully saturated rings. The van der Waals surface area contributed by atoms with Crippen molar-refractivity contribution in [3.8, 4) is 5.75 Å². The van der Waals surface area contributed by atoms with Gasteiger partial charge in [0.25, 0.3) is 5.91 Å². The van der Waals surface area contributed by atoms with Crippen LogP contribution in [0.5, 0.6) is 5.75 Å². The molecule has 0 aliphatic carbocycles. The summed E-state index contributed by atoms with van der Waals surface area (Å²) in [6.07, 6.45) is 3.13. The Kier molecular flexibility index (Phi) is 5.97. The molecule has 0 aromatic heterocycles. The third kappa shape index (κ3) is 4.15. The molecule has 0 N–H and O–H groups in total. The number of piperidine rings is 1. The lowest BCUT2D eigenvalue weighted by Gasteiger charge is -2.48. The summed E-state index contributed by atoms with van der Waals surface area (Å²) in [5.74, 6) is 1.30. The first kappa shape index (κ1) is 18.2. The van der Waals surface area contributed by atoms with E-state index in [1.54, 1.807) is 7.11 Å². The van der Waals surface area contributed by atoms with E-state index >= 15 is 0 Å². The molecule has 0 saturated carbocycles. The Hall–Kier alpha value is -1.59. The second-order valence-corrected chi connectivity index (χ2v) is 7.27. The van der Waals surface area contributed by atoms with Crippen molar-refractivity contribution >= 4 is 5.91 Å². The van der Waals surface area contributed by atoms with E-state index in [2.05, 4.69) is 0 Å². The lowest BCUT2D eigenvalue weighted by molar-refractivity contribution is -0.140. The molecule has 1 atom stereocenters. The smallest absolute Gasteiger partial charge is 0.260 e. The fourth-order valence-electron chi connectivity index (χ4n) is 4.12. The third-order valence-electron chi connectivity index (χ3n) is 5.85. The molecule has 25 heavy (non-hydrogen) atoms. The van der Waals surface area contributed by atoms with Crippen molar-refractivity contribution in [2.45, 2.75) is 26.2 Å². The van der Waals surface area contributed by atoms with E-state index in [1.807, 2.05) is 36.1 Å². The number of hydrogen-bond acceptors (Lipinski definition) is 4. The van der Waals surface area contributed by atoms with Crippen LogP contribution in [-0.2, 0) is 14.3 Å². The van der Waals surface area contributed by atoms with E-state index in [0.717, 1.165) is 63.5 Å². The molecule has 1 amide bonds. The highest BCUT2D eigenvalue weighted by atomic mass is 16.5. The first-order chi connectivity index (χ1) is 12.1. The van der Waals surface area contributed by atoms with Gasteiger partial charge in [-0.15, -0.1) is 0 Å². The van der Waals surface area contributed by atoms with Gasteiger partial charge in [0, 0.05) is 32.7 Å². The lowest BCUT2D eigenvalue weighted by atomic mass is 9.66. The second-order valence-electron chi connectivity index (χ2n) is 7.27. The molecule has 0 unspecified atom stereocenters. The topological polar surface area (TPSA) is 48.0 Å². The number of aryl methyl sites for hydroxylation is 1. The summed E-state index contributed by atoms with van der Waals surface area (Å²) in [4.78, 5) is 14.5. The van der Waals surface area contributed by atoms with Crippen LogP contribution in [0.4, 0.5) is 0 Å². The molecule has 0 radical (unpaired) electrons. The van der Waals surface area contributed by atoms with Crippen molar-refractivity contribution in [3.63, 3.8) is 0 Å². The van der Waals surface area contributed by atoms with Gasteiger partial charge in [0.05, 0.1) is 13.2 Å². The maximum Gasteiger partial charge on any atom is 0.260 e. The van der Waals surface area contributed by atoms with Gasteiger partial charge in [-0.3, -0.25) is 4.79 Å². The SMILES string of the molecule is COC[C@H]1COCCC12CCN(C(=O)COc1ccccc1C)CC2. The number of amides is 1. The van der Waals surface area contributed by atoms with Crippen LogP contribution in [0, 0.1) is 18.3 Å². The minimum absolute atomic E-state index is 0.0773. The van der Waals surface area contributed by atoms with Gasteiger partial charge in [-0.1, -0.05) is 18.2 Å². The average Bonchev–Trinajstić information content (AvgIpc) is 2.64. The number of likely N-dealkylation sites (tertiary alicyclic amines) is 1. The van der Waals surface area contributed by atoms with Crippen molar-refractivity contribution in [1.82, 2.24) is 4.90 Å². The predicted octanol–water partition coefficient (Wildman–Crippen LogP) is 2.67. The van der Waals surface area contributed by atoms with E-state index in [-0.39, 0.29) is 17.9 Å². The molecule has 0 bridgehead atoms. The molecular formula is C20H29NO4. The Labute approximate surface area is 150 Å². The van der Waals surface area contributed by atoms with Crippen LogP contribution in [0.3, 0.4) is 0 Å². The highest BCUT2D eigenvalue weighted by Crippen LogP contribution is 2.44. The quantitative estimate of drug-likeness (QED) is 0.822. The van der Waals surface area contributed by atoms with E-state index in [1.165, 1.54) is 0 Å². The Balaban J connectivity index is 1.53. The van der Waals surface area contributed by atoms with Crippen LogP contribution in [-0.4, -0.2) is 57.4 Å². The number of para-hydroxylation sites is 1. The van der Waals surface area contributed by atoms with Crippen LogP contribution in [0.25, 0.3) is 0 Å². The van der Waals surface area contributed by atoms with Crippen LogP contribution in [0.2, 0.25) is 0 Å². The number of nitrogens with zero attached hydrogens (tertiary/aromatic N) is 1. The van der Waals surface area contributed by atoms with Gasteiger partial charge in [-0.25, -0.2) is 0 Å². The summed E-state index contributed by atoms with van der Waals surface area (Å²) in [6.45, 7) is 6.05. The van der Waals surface area contributed by atoms with Gasteiger partial charge in [0.15, 0.2) is 6.61 Å². The molecule has 1 spiro atoms. The lowest BCUT2D eigenvalue weighted by Crippen LogP contribution is -2.51. The normalized spacial score (nSPS) is 22.8. The van der Waals surface area contributed by atoms with Crippen molar-refractivity contribution in [1.29, 1.82) is 0 Å². The molecule has 2 heterocycles. The van der Waals surface area contributed by atoms with E-state index < -0.39 is 0 Å². The van der Waals surface area contributed by atoms with E-state index in [0.29, 0.717) is 5.92 Å². The van der Waals surface area contributed by atoms with Gasteiger partial charge in [-0.05, 0) is 43.2 Å². The number of rotatable bonds is 5. The molecule has 5 nitrogen and oxygen atoms in total. The Bertz CT molecular complexity index is 579. The highest BCUT2D eigenvalue weighted by molar-refractivity contribution is 5.77. The Morgan fingerprint density at radius 3 is 2.76 bits per heavy atom. The molecule has 138 valence electrons. The number of carbonyl (C=O) groups is 1. The zero-order valence-corrected chi connectivity index (χ0v) is 15.3. The summed E-state index contributed by atoms with van der Waals surface area (Å²) in [5, 5.41) is 0. The minimum atomic E-state index is 0.0773. The van der Waals surface area contributed by atoms with E-state index in [9.17, 15) is 4.79 Å². The first-order valence-corrected chi connectivity index (χ1v) is 9.17. The Morgan fingerprint density at radius 2 is 2.04 bits per heavy atom. The zero-order valence-electron chi connectivity index (χ0n) is 15.3. The monoisotopic (exact) mass is 347 g/mol. The molecule has 1 aromatic carbocycles. The van der Waals surface area contributed by atoms with Gasteiger partial charge >= 0.3 is 0 Å². The summed E-state index contributed by atoms with van der Waals surface area (Å²) in [7, 11) is 1.75. The molecular weight excluding hydrogens is 318 g/mol. The van der Waals surface area contributed by atoms with Gasteiger partial charge < -0.3 is 19.1 Å². The third-order valence-corrected chi connectivity index (χ3v) is 5.85. The van der Waals surface area contributed by atoms with Crippen molar-refractivity contribution in [2.24, 2.45) is 11.3 Å². The van der Waals surface area contributed by atoms with Crippen LogP contribution < -0.4 is 4.74 Å². The largest absolute Gasteiger partial charge is 0.484 e. The van der Waals surface area contributed by atoms with Crippen molar-refractivity contribution < 1.29 is 19.0 Å². The zero-order chi connectivity index (χ0) is 17.7. The summed E-state index contributed by atoms with van der Waals surface area (Å²) < 4.78 is 16.8. The predicted molar refractivity (Wildman–Crippen MR) is 95.7 cm³/mol. The molecule has 2 aliphatic heterocycles. The molecule has 1 aromatic rings. The van der Waals surface area contributed by atoms with Crippen molar-refractivity contribution in [2.75, 3.05) is 46.6 Å². The maximum atomic E-state index is 12.5. The fraction of sp³-hybridized carbons (Fsp3) is 0.650. The molecule has 2 aliphatic rings. The van der Waals surface area contributed by atoms with E-state index in [4.69, 9.17) is 14.2 Å². The maximum absolute atomic E-state index is 12.5. The summed E-state index contributed by atoms with van der Waals surface area (Å²) in [5.41, 5.74) is 1.32. The molecule has 5 heteroatoms. The second kappa shape index (κ2) is 8.19. The molecule has 2 saturated heterocycles. The van der Waals surface area contributed by atoms with Gasteiger partial charge in [0.1, 0.15) is 5.75 Å². The summed E-state index contributed by atoms with van der Waals surface area (Å²) >= 11 is 0. The van der Waals surface area contributed by atoms with Crippen LogP contribution >= 0.6 is 0 Å². The summed E-state index contributed by atoms with van der Waals surface area (Å²) in [6, 6.07) is 7.80. The number of carbonyl (C=O) groups excluding carboxylic acids is 1. The minimum Gasteiger partial charge on any atom is -0.484 e. The van der Waals surface area contributed by atoms with Crippen LogP contribution in [0.1, 0.15) is 24.8 Å². The number of ether oxygens (including phenoxy) is 3. The number of benzene rings is 1. The highest BCUT2D eigenvalue weighted by Gasteiger charge is 2.44. The van der Waals surface area contributed by atoms with Gasteiger partial charge in [0.2, 0.25) is 0 Å². The average molecular weight is 347 g/mol. The number of methoxy groups -OCH3 is 1.